The molecule has 1 aromatic carbocycles. The predicted octanol–water partition coefficient (Wildman–Crippen LogP) is 3.63. The van der Waals surface area contributed by atoms with Gasteiger partial charge in [-0.05, 0) is 38.2 Å². The molecule has 1 aliphatic carbocycles. The van der Waals surface area contributed by atoms with E-state index in [2.05, 4.69) is 21.7 Å². The largest absolute Gasteiger partial charge is 0.341 e. The molecule has 2 aromatic rings. The van der Waals surface area contributed by atoms with Gasteiger partial charge in [0, 0.05) is 25.6 Å². The Morgan fingerprint density at radius 1 is 1.20 bits per heavy atom. The van der Waals surface area contributed by atoms with Crippen LogP contribution in [0.4, 0.5) is 0 Å². The first-order valence-electron chi connectivity index (χ1n) is 9.21. The molecule has 1 aromatic heterocycles. The van der Waals surface area contributed by atoms with E-state index in [0.29, 0.717) is 5.92 Å². The smallest absolute Gasteiger partial charge is 0.240 e. The number of nitrogens with zero attached hydrogens (tertiary/aromatic N) is 4. The number of carbonyl (C=O) groups excluding carboxylic acids is 1. The third-order valence-corrected chi connectivity index (χ3v) is 6.19. The molecule has 1 amide bonds. The number of amides is 1. The summed E-state index contributed by atoms with van der Waals surface area (Å²) in [5, 5.41) is 9.46. The van der Waals surface area contributed by atoms with Gasteiger partial charge < -0.3 is 9.47 Å². The van der Waals surface area contributed by atoms with Crippen molar-refractivity contribution in [3.8, 4) is 0 Å². The number of hydrogen-bond acceptors (Lipinski definition) is 4. The van der Waals surface area contributed by atoms with E-state index in [0.717, 1.165) is 49.0 Å². The van der Waals surface area contributed by atoms with Crippen molar-refractivity contribution in [2.24, 2.45) is 0 Å². The van der Waals surface area contributed by atoms with E-state index in [1.807, 2.05) is 35.2 Å². The second-order valence-corrected chi connectivity index (χ2v) is 7.87. The molecule has 25 heavy (non-hydrogen) atoms. The summed E-state index contributed by atoms with van der Waals surface area (Å²) in [4.78, 5) is 15.1. The minimum atomic E-state index is -0.249. The van der Waals surface area contributed by atoms with Gasteiger partial charge in [-0.1, -0.05) is 42.1 Å². The summed E-state index contributed by atoms with van der Waals surface area (Å²) in [5.74, 6) is 1.85. The van der Waals surface area contributed by atoms with Crippen molar-refractivity contribution >= 4 is 17.7 Å². The lowest BCUT2D eigenvalue weighted by molar-refractivity contribution is -0.129. The topological polar surface area (TPSA) is 51.0 Å². The van der Waals surface area contributed by atoms with E-state index in [1.54, 1.807) is 11.8 Å². The summed E-state index contributed by atoms with van der Waals surface area (Å²) in [6, 6.07) is 10.1. The fraction of sp³-hybridized carbons (Fsp3) is 0.526. The third kappa shape index (κ3) is 3.45. The number of carbonyl (C=O) groups is 1. The fourth-order valence-electron chi connectivity index (χ4n) is 3.43. The summed E-state index contributed by atoms with van der Waals surface area (Å²) >= 11 is 1.55. The molecule has 0 N–H and O–H groups in total. The highest BCUT2D eigenvalue weighted by molar-refractivity contribution is 8.00. The number of thioether (sulfide) groups is 1. The van der Waals surface area contributed by atoms with Crippen LogP contribution in [-0.4, -0.2) is 38.7 Å². The van der Waals surface area contributed by atoms with Crippen LogP contribution in [0.3, 0.4) is 0 Å². The number of rotatable bonds is 6. The van der Waals surface area contributed by atoms with Crippen molar-refractivity contribution in [3.05, 3.63) is 41.7 Å². The highest BCUT2D eigenvalue weighted by Crippen LogP contribution is 2.42. The average Bonchev–Trinajstić information content (AvgIpc) is 3.19. The van der Waals surface area contributed by atoms with Gasteiger partial charge in [0.05, 0.1) is 0 Å². The lowest BCUT2D eigenvalue weighted by Crippen LogP contribution is -2.31. The zero-order chi connectivity index (χ0) is 17.2. The second-order valence-electron chi connectivity index (χ2n) is 6.80. The molecular formula is C19H24N4OS. The molecule has 0 bridgehead atoms. The third-order valence-electron chi connectivity index (χ3n) is 4.97. The minimum Gasteiger partial charge on any atom is -0.341 e. The van der Waals surface area contributed by atoms with E-state index >= 15 is 0 Å². The molecule has 1 atom stereocenters. The van der Waals surface area contributed by atoms with Crippen LogP contribution in [0, 0.1) is 0 Å². The van der Waals surface area contributed by atoms with Crippen molar-refractivity contribution in [2.45, 2.75) is 55.5 Å². The molecule has 5 nitrogen and oxygen atoms in total. The highest BCUT2D eigenvalue weighted by Gasteiger charge is 2.33. The van der Waals surface area contributed by atoms with Crippen LogP contribution in [0.15, 0.2) is 35.5 Å². The van der Waals surface area contributed by atoms with Gasteiger partial charge >= 0.3 is 0 Å². The number of likely N-dealkylation sites (tertiary alicyclic amines) is 1. The second kappa shape index (κ2) is 7.20. The monoisotopic (exact) mass is 356 g/mol. The Bertz CT molecular complexity index is 735. The van der Waals surface area contributed by atoms with Gasteiger partial charge in [0.15, 0.2) is 5.16 Å². The highest BCUT2D eigenvalue weighted by atomic mass is 32.2. The SMILES string of the molecule is CCn1c(S[C@H](C(=O)N2CCCC2)c2ccccc2)nnc1C1CC1. The standard InChI is InChI=1S/C19H24N4OS/c1-2-23-17(15-10-11-15)20-21-19(23)25-16(14-8-4-3-5-9-14)18(24)22-12-6-7-13-22/h3-5,8-9,15-16H,2,6-7,10-13H2,1H3/t16-/m0/s1. The first-order valence-corrected chi connectivity index (χ1v) is 10.1. The molecule has 0 radical (unpaired) electrons. The van der Waals surface area contributed by atoms with Gasteiger partial charge in [0.1, 0.15) is 11.1 Å². The van der Waals surface area contributed by atoms with Crippen molar-refractivity contribution in [1.29, 1.82) is 0 Å². The Kier molecular flexibility index (Phi) is 4.79. The van der Waals surface area contributed by atoms with Gasteiger partial charge in [0.25, 0.3) is 0 Å². The lowest BCUT2D eigenvalue weighted by atomic mass is 10.1. The van der Waals surface area contributed by atoms with E-state index in [9.17, 15) is 4.79 Å². The molecule has 0 unspecified atom stereocenters. The van der Waals surface area contributed by atoms with Crippen molar-refractivity contribution < 1.29 is 4.79 Å². The maximum atomic E-state index is 13.2. The van der Waals surface area contributed by atoms with Gasteiger partial charge in [-0.3, -0.25) is 4.79 Å². The molecule has 2 aliphatic rings. The van der Waals surface area contributed by atoms with Crippen LogP contribution in [-0.2, 0) is 11.3 Å². The minimum absolute atomic E-state index is 0.201. The maximum absolute atomic E-state index is 13.2. The van der Waals surface area contributed by atoms with Crippen LogP contribution < -0.4 is 0 Å². The summed E-state index contributed by atoms with van der Waals surface area (Å²) in [6.45, 7) is 4.72. The average molecular weight is 356 g/mol. The first-order chi connectivity index (χ1) is 12.3. The Balaban J connectivity index is 1.63. The van der Waals surface area contributed by atoms with E-state index in [-0.39, 0.29) is 11.2 Å². The van der Waals surface area contributed by atoms with E-state index < -0.39 is 0 Å². The molecule has 2 heterocycles. The van der Waals surface area contributed by atoms with Crippen LogP contribution in [0.1, 0.15) is 55.2 Å². The van der Waals surface area contributed by atoms with Crippen LogP contribution >= 0.6 is 11.8 Å². The van der Waals surface area contributed by atoms with Crippen LogP contribution in [0.2, 0.25) is 0 Å². The molecule has 0 spiro atoms. The summed E-state index contributed by atoms with van der Waals surface area (Å²) < 4.78 is 2.19. The summed E-state index contributed by atoms with van der Waals surface area (Å²) in [6.07, 6.45) is 4.62. The lowest BCUT2D eigenvalue weighted by Gasteiger charge is -2.23. The summed E-state index contributed by atoms with van der Waals surface area (Å²) in [5.41, 5.74) is 1.04. The molecule has 1 saturated heterocycles. The number of benzene rings is 1. The molecule has 1 saturated carbocycles. The van der Waals surface area contributed by atoms with E-state index in [4.69, 9.17) is 0 Å². The maximum Gasteiger partial charge on any atom is 0.240 e. The quantitative estimate of drug-likeness (QED) is 0.742. The normalized spacial score (nSPS) is 18.5. The Hall–Kier alpha value is -1.82. The van der Waals surface area contributed by atoms with Gasteiger partial charge in [0.2, 0.25) is 5.91 Å². The predicted molar refractivity (Wildman–Crippen MR) is 98.5 cm³/mol. The van der Waals surface area contributed by atoms with Gasteiger partial charge in [-0.15, -0.1) is 10.2 Å². The molecule has 4 rings (SSSR count). The first kappa shape index (κ1) is 16.6. The fourth-order valence-corrected chi connectivity index (χ4v) is 4.62. The zero-order valence-corrected chi connectivity index (χ0v) is 15.4. The molecule has 2 fully saturated rings. The van der Waals surface area contributed by atoms with Gasteiger partial charge in [-0.25, -0.2) is 0 Å². The van der Waals surface area contributed by atoms with Crippen molar-refractivity contribution in [1.82, 2.24) is 19.7 Å². The zero-order valence-electron chi connectivity index (χ0n) is 14.6. The molecule has 132 valence electrons. The molecular weight excluding hydrogens is 332 g/mol. The Morgan fingerprint density at radius 3 is 2.56 bits per heavy atom. The Morgan fingerprint density at radius 2 is 1.92 bits per heavy atom. The molecule has 1 aliphatic heterocycles. The van der Waals surface area contributed by atoms with Crippen LogP contribution in [0.5, 0.6) is 0 Å². The molecule has 6 heteroatoms. The Labute approximate surface area is 152 Å². The van der Waals surface area contributed by atoms with Crippen molar-refractivity contribution in [3.63, 3.8) is 0 Å². The van der Waals surface area contributed by atoms with Crippen LogP contribution in [0.25, 0.3) is 0 Å². The number of aromatic nitrogens is 3. The van der Waals surface area contributed by atoms with Gasteiger partial charge in [-0.2, -0.15) is 0 Å². The number of hydrogen-bond donors (Lipinski definition) is 0. The summed E-state index contributed by atoms with van der Waals surface area (Å²) in [7, 11) is 0. The van der Waals surface area contributed by atoms with E-state index in [1.165, 1.54) is 12.8 Å². The van der Waals surface area contributed by atoms with Crippen molar-refractivity contribution in [2.75, 3.05) is 13.1 Å².